The zero-order chi connectivity index (χ0) is 18.1. The summed E-state index contributed by atoms with van der Waals surface area (Å²) in [6.07, 6.45) is 1.56. The monoisotopic (exact) mass is 342 g/mol. The first-order chi connectivity index (χ1) is 12.2. The fourth-order valence-corrected chi connectivity index (χ4v) is 2.11. The van der Waals surface area contributed by atoms with Crippen LogP contribution in [0.15, 0.2) is 47.6 Å². The fraction of sp³-hybridized carbons (Fsp3) is 0.263. The molecule has 0 unspecified atom stereocenters. The van der Waals surface area contributed by atoms with Crippen molar-refractivity contribution in [2.45, 2.75) is 13.8 Å². The van der Waals surface area contributed by atoms with Crippen LogP contribution in [0.4, 0.5) is 0 Å². The average Bonchev–Trinajstić information content (AvgIpc) is 2.64. The molecule has 25 heavy (non-hydrogen) atoms. The Morgan fingerprint density at radius 2 is 1.72 bits per heavy atom. The van der Waals surface area contributed by atoms with E-state index in [1.165, 1.54) is 0 Å². The van der Waals surface area contributed by atoms with Crippen LogP contribution in [0.3, 0.4) is 0 Å². The van der Waals surface area contributed by atoms with Crippen LogP contribution in [0.1, 0.15) is 29.8 Å². The van der Waals surface area contributed by atoms with Gasteiger partial charge in [0.1, 0.15) is 5.75 Å². The van der Waals surface area contributed by atoms with Crippen LogP contribution in [0, 0.1) is 0 Å². The third-order valence-electron chi connectivity index (χ3n) is 3.30. The number of hydrazone groups is 1. The standard InChI is InChI=1S/C19H22N2O4/c1-4-24-17-11-8-15(12-18(17)25-5-2)19(22)21-20-13-14-6-9-16(23-3)10-7-14/h6-13H,4-5H2,1-3H3,(H,21,22)/b20-13+. The number of methoxy groups -OCH3 is 1. The number of ether oxygens (including phenoxy) is 3. The number of carbonyl (C=O) groups excluding carboxylic acids is 1. The summed E-state index contributed by atoms with van der Waals surface area (Å²) in [7, 11) is 1.61. The predicted molar refractivity (Wildman–Crippen MR) is 96.8 cm³/mol. The second kappa shape index (κ2) is 9.32. The second-order valence-electron chi connectivity index (χ2n) is 5.00. The molecule has 2 rings (SSSR count). The van der Waals surface area contributed by atoms with Gasteiger partial charge in [-0.2, -0.15) is 5.10 Å². The minimum absolute atomic E-state index is 0.325. The summed E-state index contributed by atoms with van der Waals surface area (Å²) in [5, 5.41) is 3.97. The topological polar surface area (TPSA) is 69.2 Å². The van der Waals surface area contributed by atoms with E-state index in [9.17, 15) is 4.79 Å². The molecule has 0 aliphatic rings. The smallest absolute Gasteiger partial charge is 0.271 e. The molecule has 0 radical (unpaired) electrons. The number of hydrogen-bond acceptors (Lipinski definition) is 5. The van der Waals surface area contributed by atoms with Crippen molar-refractivity contribution in [3.8, 4) is 17.2 Å². The minimum atomic E-state index is -0.325. The van der Waals surface area contributed by atoms with Crippen molar-refractivity contribution in [3.63, 3.8) is 0 Å². The van der Waals surface area contributed by atoms with Crippen LogP contribution in [0.5, 0.6) is 17.2 Å². The Hall–Kier alpha value is -3.02. The van der Waals surface area contributed by atoms with Crippen molar-refractivity contribution < 1.29 is 19.0 Å². The van der Waals surface area contributed by atoms with Crippen LogP contribution >= 0.6 is 0 Å². The molecule has 2 aromatic carbocycles. The van der Waals surface area contributed by atoms with E-state index < -0.39 is 0 Å². The maximum atomic E-state index is 12.2. The number of nitrogens with one attached hydrogen (secondary N) is 1. The van der Waals surface area contributed by atoms with Gasteiger partial charge in [-0.3, -0.25) is 4.79 Å². The molecule has 1 amide bonds. The highest BCUT2D eigenvalue weighted by Crippen LogP contribution is 2.28. The SMILES string of the molecule is CCOc1ccc(C(=O)N/N=C/c2ccc(OC)cc2)cc1OCC. The highest BCUT2D eigenvalue weighted by molar-refractivity contribution is 5.95. The Morgan fingerprint density at radius 3 is 2.36 bits per heavy atom. The van der Waals surface area contributed by atoms with Gasteiger partial charge in [-0.15, -0.1) is 0 Å². The van der Waals surface area contributed by atoms with Gasteiger partial charge in [-0.25, -0.2) is 5.43 Å². The van der Waals surface area contributed by atoms with Crippen molar-refractivity contribution in [1.82, 2.24) is 5.43 Å². The fourth-order valence-electron chi connectivity index (χ4n) is 2.11. The van der Waals surface area contributed by atoms with Crippen LogP contribution in [-0.4, -0.2) is 32.4 Å². The summed E-state index contributed by atoms with van der Waals surface area (Å²) >= 11 is 0. The lowest BCUT2D eigenvalue weighted by Gasteiger charge is -2.11. The average molecular weight is 342 g/mol. The summed E-state index contributed by atoms with van der Waals surface area (Å²) in [6, 6.07) is 12.4. The van der Waals surface area contributed by atoms with Gasteiger partial charge >= 0.3 is 0 Å². The van der Waals surface area contributed by atoms with E-state index in [0.717, 1.165) is 11.3 Å². The van der Waals surface area contributed by atoms with E-state index in [-0.39, 0.29) is 5.91 Å². The van der Waals surface area contributed by atoms with Crippen LogP contribution in [-0.2, 0) is 0 Å². The molecule has 2 aromatic rings. The Morgan fingerprint density at radius 1 is 1.04 bits per heavy atom. The van der Waals surface area contributed by atoms with Crippen molar-refractivity contribution in [3.05, 3.63) is 53.6 Å². The molecule has 0 aliphatic carbocycles. The van der Waals surface area contributed by atoms with Gasteiger partial charge in [-0.05, 0) is 61.9 Å². The van der Waals surface area contributed by atoms with E-state index in [2.05, 4.69) is 10.5 Å². The Balaban J connectivity index is 2.04. The first-order valence-corrected chi connectivity index (χ1v) is 8.05. The van der Waals surface area contributed by atoms with Gasteiger partial charge in [0.05, 0.1) is 26.5 Å². The van der Waals surface area contributed by atoms with Crippen LogP contribution in [0.2, 0.25) is 0 Å². The van der Waals surface area contributed by atoms with Gasteiger partial charge in [-0.1, -0.05) is 0 Å². The van der Waals surface area contributed by atoms with Gasteiger partial charge in [0.25, 0.3) is 5.91 Å². The zero-order valence-corrected chi connectivity index (χ0v) is 14.6. The second-order valence-corrected chi connectivity index (χ2v) is 5.00. The Labute approximate surface area is 147 Å². The Bertz CT molecular complexity index is 727. The number of nitrogens with zero attached hydrogens (tertiary/aromatic N) is 1. The summed E-state index contributed by atoms with van der Waals surface area (Å²) in [5.41, 5.74) is 3.79. The van der Waals surface area contributed by atoms with Crippen molar-refractivity contribution in [2.24, 2.45) is 5.10 Å². The van der Waals surface area contributed by atoms with Gasteiger partial charge in [0.2, 0.25) is 0 Å². The maximum Gasteiger partial charge on any atom is 0.271 e. The molecular formula is C19H22N2O4. The summed E-state index contributed by atoms with van der Waals surface area (Å²) in [5.74, 6) is 1.59. The third-order valence-corrected chi connectivity index (χ3v) is 3.30. The number of amides is 1. The summed E-state index contributed by atoms with van der Waals surface area (Å²) < 4.78 is 16.1. The first-order valence-electron chi connectivity index (χ1n) is 8.05. The predicted octanol–water partition coefficient (Wildman–Crippen LogP) is 3.26. The molecule has 0 bridgehead atoms. The number of hydrogen-bond donors (Lipinski definition) is 1. The molecule has 0 aliphatic heterocycles. The third kappa shape index (κ3) is 5.24. The summed E-state index contributed by atoms with van der Waals surface area (Å²) in [6.45, 7) is 4.78. The zero-order valence-electron chi connectivity index (χ0n) is 14.6. The molecule has 0 spiro atoms. The molecule has 0 heterocycles. The molecule has 0 saturated carbocycles. The highest BCUT2D eigenvalue weighted by Gasteiger charge is 2.11. The van der Waals surface area contributed by atoms with Crippen molar-refractivity contribution >= 4 is 12.1 Å². The molecular weight excluding hydrogens is 320 g/mol. The van der Waals surface area contributed by atoms with Crippen molar-refractivity contribution in [1.29, 1.82) is 0 Å². The van der Waals surface area contributed by atoms with E-state index in [0.29, 0.717) is 30.3 Å². The quantitative estimate of drug-likeness (QED) is 0.590. The number of benzene rings is 2. The highest BCUT2D eigenvalue weighted by atomic mass is 16.5. The lowest BCUT2D eigenvalue weighted by molar-refractivity contribution is 0.0954. The van der Waals surface area contributed by atoms with Gasteiger partial charge in [0.15, 0.2) is 11.5 Å². The largest absolute Gasteiger partial charge is 0.497 e. The van der Waals surface area contributed by atoms with Crippen molar-refractivity contribution in [2.75, 3.05) is 20.3 Å². The number of carbonyl (C=O) groups is 1. The van der Waals surface area contributed by atoms with Gasteiger partial charge < -0.3 is 14.2 Å². The molecule has 6 nitrogen and oxygen atoms in total. The molecule has 6 heteroatoms. The lowest BCUT2D eigenvalue weighted by atomic mass is 10.2. The van der Waals surface area contributed by atoms with Crippen LogP contribution < -0.4 is 19.6 Å². The molecule has 0 saturated heterocycles. The lowest BCUT2D eigenvalue weighted by Crippen LogP contribution is -2.17. The molecule has 1 N–H and O–H groups in total. The van der Waals surface area contributed by atoms with Gasteiger partial charge in [0, 0.05) is 5.56 Å². The first kappa shape index (κ1) is 18.3. The Kier molecular flexibility index (Phi) is 6.83. The van der Waals surface area contributed by atoms with E-state index in [1.807, 2.05) is 38.1 Å². The molecule has 132 valence electrons. The molecule has 0 aromatic heterocycles. The van der Waals surface area contributed by atoms with E-state index in [1.54, 1.807) is 31.5 Å². The van der Waals surface area contributed by atoms with E-state index in [4.69, 9.17) is 14.2 Å². The number of rotatable bonds is 8. The molecule has 0 fully saturated rings. The minimum Gasteiger partial charge on any atom is -0.497 e. The molecule has 0 atom stereocenters. The van der Waals surface area contributed by atoms with E-state index >= 15 is 0 Å². The van der Waals surface area contributed by atoms with Crippen LogP contribution in [0.25, 0.3) is 0 Å². The normalized spacial score (nSPS) is 10.5. The maximum absolute atomic E-state index is 12.2. The summed E-state index contributed by atoms with van der Waals surface area (Å²) in [4.78, 5) is 12.2.